The summed E-state index contributed by atoms with van der Waals surface area (Å²) in [4.78, 5) is 22.9. The Kier molecular flexibility index (Phi) is 8.43. The number of nitrogens with zero attached hydrogens (tertiary/aromatic N) is 4. The van der Waals surface area contributed by atoms with Crippen LogP contribution in [0.1, 0.15) is 43.9 Å². The third-order valence-corrected chi connectivity index (χ3v) is 11.2. The number of hydrogen-bond donors (Lipinski definition) is 1. The van der Waals surface area contributed by atoms with Crippen LogP contribution in [0.5, 0.6) is 0 Å². The summed E-state index contributed by atoms with van der Waals surface area (Å²) in [5, 5.41) is 4.21. The molecule has 0 saturated carbocycles. The molecular weight excluding hydrogens is 669 g/mol. The summed E-state index contributed by atoms with van der Waals surface area (Å²) in [5.74, 6) is 1.98. The van der Waals surface area contributed by atoms with Crippen molar-refractivity contribution >= 4 is 72.4 Å². The fourth-order valence-corrected chi connectivity index (χ4v) is 8.28. The number of amides is 1. The third kappa shape index (κ3) is 6.37. The smallest absolute Gasteiger partial charge is 0.250 e. The van der Waals surface area contributed by atoms with Crippen LogP contribution in [0.3, 0.4) is 0 Å². The zero-order chi connectivity index (χ0) is 27.8. The van der Waals surface area contributed by atoms with E-state index in [9.17, 15) is 13.2 Å². The van der Waals surface area contributed by atoms with E-state index in [2.05, 4.69) is 58.3 Å². The second-order valence-corrected chi connectivity index (χ2v) is 16.9. The van der Waals surface area contributed by atoms with E-state index in [4.69, 9.17) is 4.42 Å². The Morgan fingerprint density at radius 1 is 1.33 bits per heavy atom. The molecular formula is C26H30IN5O4S3. The molecule has 1 fully saturated rings. The predicted molar refractivity (Wildman–Crippen MR) is 163 cm³/mol. The van der Waals surface area contributed by atoms with Crippen molar-refractivity contribution in [2.45, 2.75) is 57.4 Å². The molecule has 1 aromatic carbocycles. The molecule has 208 valence electrons. The topological polar surface area (TPSA) is 109 Å². The Hall–Kier alpha value is -1.94. The van der Waals surface area contributed by atoms with E-state index >= 15 is 0 Å². The summed E-state index contributed by atoms with van der Waals surface area (Å²) in [5.41, 5.74) is 1.62. The average molecular weight is 700 g/mol. The highest BCUT2D eigenvalue weighted by atomic mass is 127. The van der Waals surface area contributed by atoms with Crippen LogP contribution in [0.2, 0.25) is 0 Å². The lowest BCUT2D eigenvalue weighted by atomic mass is 10.1. The number of aromatic nitrogens is 2. The zero-order valence-corrected chi connectivity index (χ0v) is 26.3. The molecule has 39 heavy (non-hydrogen) atoms. The highest BCUT2D eigenvalue weighted by Crippen LogP contribution is 2.35. The van der Waals surface area contributed by atoms with E-state index in [1.54, 1.807) is 56.7 Å². The Balaban J connectivity index is 1.20. The van der Waals surface area contributed by atoms with E-state index in [1.165, 1.54) is 6.08 Å². The van der Waals surface area contributed by atoms with Gasteiger partial charge in [0.15, 0.2) is 5.13 Å². The number of rotatable bonds is 9. The van der Waals surface area contributed by atoms with E-state index in [-0.39, 0.29) is 20.3 Å². The van der Waals surface area contributed by atoms with Crippen LogP contribution in [0, 0.1) is 0 Å². The van der Waals surface area contributed by atoms with Gasteiger partial charge in [0.25, 0.3) is 0 Å². The molecule has 9 nitrogen and oxygen atoms in total. The number of nitrogens with one attached hydrogen (secondary N) is 1. The molecule has 2 aromatic heterocycles. The Labute approximate surface area is 250 Å². The van der Waals surface area contributed by atoms with Crippen molar-refractivity contribution in [3.05, 3.63) is 60.5 Å². The minimum Gasteiger partial charge on any atom is -0.443 e. The van der Waals surface area contributed by atoms with Gasteiger partial charge >= 0.3 is 0 Å². The number of thioether (sulfide) groups is 1. The quantitative estimate of drug-likeness (QED) is 0.136. The number of sulfonamides is 1. The molecule has 0 spiro atoms. The van der Waals surface area contributed by atoms with Crippen molar-refractivity contribution in [1.82, 2.24) is 14.3 Å². The van der Waals surface area contributed by atoms with E-state index in [0.717, 1.165) is 39.2 Å². The Bertz CT molecular complexity index is 1480. The Morgan fingerprint density at radius 2 is 2.15 bits per heavy atom. The summed E-state index contributed by atoms with van der Waals surface area (Å²) >= 11 is 5.49. The molecule has 1 atom stereocenters. The second-order valence-electron chi connectivity index (χ2n) is 9.94. The molecule has 4 heterocycles. The predicted octanol–water partition coefficient (Wildman–Crippen LogP) is 5.43. The van der Waals surface area contributed by atoms with Gasteiger partial charge in [0.2, 0.25) is 21.8 Å². The van der Waals surface area contributed by atoms with Crippen molar-refractivity contribution in [3.8, 4) is 0 Å². The number of carbonyl (C=O) groups excluding carboxylic acids is 1. The van der Waals surface area contributed by atoms with Crippen LogP contribution in [-0.4, -0.2) is 54.3 Å². The highest BCUT2D eigenvalue weighted by molar-refractivity contribution is 14.1. The van der Waals surface area contributed by atoms with Crippen LogP contribution >= 0.6 is 45.7 Å². The highest BCUT2D eigenvalue weighted by Gasteiger charge is 2.32. The molecule has 2 aliphatic heterocycles. The molecule has 5 rings (SSSR count). The van der Waals surface area contributed by atoms with Gasteiger partial charge in [-0.05, 0) is 62.9 Å². The molecule has 0 aliphatic carbocycles. The molecule has 2 aliphatic rings. The number of benzene rings is 1. The van der Waals surface area contributed by atoms with Gasteiger partial charge in [-0.25, -0.2) is 18.4 Å². The van der Waals surface area contributed by atoms with Crippen molar-refractivity contribution in [3.63, 3.8) is 0 Å². The average Bonchev–Trinajstić information content (AvgIpc) is 3.66. The number of fused-ring (bicyclic) bond motifs is 1. The van der Waals surface area contributed by atoms with Crippen molar-refractivity contribution in [1.29, 1.82) is 0 Å². The molecule has 13 heteroatoms. The SMILES string of the molecule is C=CC(=O)N1CCc2cc(S(=O)(=O)N3CCC[C@@H](Nc4ncc(SCc5ncc(C(C)(C)I)o5)s4)C3)ccc21. The minimum atomic E-state index is -3.66. The molecule has 3 aromatic rings. The van der Waals surface area contributed by atoms with Crippen molar-refractivity contribution < 1.29 is 17.6 Å². The molecule has 1 saturated heterocycles. The number of anilines is 2. The summed E-state index contributed by atoms with van der Waals surface area (Å²) in [6.07, 6.45) is 7.14. The van der Waals surface area contributed by atoms with Crippen molar-refractivity contribution in [2.75, 3.05) is 29.9 Å². The van der Waals surface area contributed by atoms with E-state index in [1.807, 2.05) is 6.20 Å². The number of oxazole rings is 1. The molecule has 1 amide bonds. The van der Waals surface area contributed by atoms with Gasteiger partial charge in [0.1, 0.15) is 5.76 Å². The summed E-state index contributed by atoms with van der Waals surface area (Å²) in [6, 6.07) is 5.00. The first-order chi connectivity index (χ1) is 18.5. The van der Waals surface area contributed by atoms with Crippen LogP contribution < -0.4 is 10.2 Å². The number of halogens is 1. The maximum Gasteiger partial charge on any atom is 0.250 e. The first-order valence-electron chi connectivity index (χ1n) is 12.6. The van der Waals surface area contributed by atoms with E-state index < -0.39 is 10.0 Å². The molecule has 0 unspecified atom stereocenters. The van der Waals surface area contributed by atoms with Gasteiger partial charge in [0, 0.05) is 31.4 Å². The van der Waals surface area contributed by atoms with Gasteiger partial charge < -0.3 is 14.6 Å². The first kappa shape index (κ1) is 28.6. The largest absolute Gasteiger partial charge is 0.443 e. The van der Waals surface area contributed by atoms with Crippen LogP contribution in [0.4, 0.5) is 10.8 Å². The fourth-order valence-electron chi connectivity index (χ4n) is 4.66. The van der Waals surface area contributed by atoms with Crippen LogP contribution in [-0.2, 0) is 30.4 Å². The van der Waals surface area contributed by atoms with Crippen molar-refractivity contribution in [2.24, 2.45) is 0 Å². The molecule has 0 radical (unpaired) electrons. The summed E-state index contributed by atoms with van der Waals surface area (Å²) < 4.78 is 35.4. The lowest BCUT2D eigenvalue weighted by Gasteiger charge is -2.32. The molecule has 1 N–H and O–H groups in total. The number of alkyl halides is 1. The summed E-state index contributed by atoms with van der Waals surface area (Å²) in [7, 11) is -3.66. The number of hydrogen-bond acceptors (Lipinski definition) is 9. The van der Waals surface area contributed by atoms with Gasteiger partial charge in [0.05, 0.1) is 30.7 Å². The second kappa shape index (κ2) is 11.5. The first-order valence-corrected chi connectivity index (χ1v) is 16.9. The van der Waals surface area contributed by atoms with Gasteiger partial charge in [-0.2, -0.15) is 4.31 Å². The minimum absolute atomic E-state index is 0.0344. The van der Waals surface area contributed by atoms with Gasteiger partial charge in [-0.15, -0.1) is 11.8 Å². The fraction of sp³-hybridized carbons (Fsp3) is 0.423. The maximum atomic E-state index is 13.5. The number of thiazole rings is 1. The molecule has 0 bridgehead atoms. The normalized spacial score (nSPS) is 18.2. The standard InChI is InChI=1S/C26H30IN5O4S3/c1-4-23(33)32-11-9-17-12-19(7-8-20(17)32)39(34,35)31-10-5-6-18(15-31)30-25-29-14-24(38-25)37-16-22-28-13-21(36-22)26(2,3)27/h4,7-8,12-14,18H,1,5-6,9-11,15-16H2,2-3H3,(H,29,30)/t18-/m1/s1. The zero-order valence-electron chi connectivity index (χ0n) is 21.7. The monoisotopic (exact) mass is 699 g/mol. The Morgan fingerprint density at radius 3 is 2.90 bits per heavy atom. The lowest BCUT2D eigenvalue weighted by Crippen LogP contribution is -2.45. The number of piperidine rings is 1. The van der Waals surface area contributed by atoms with Crippen LogP contribution in [0.25, 0.3) is 0 Å². The third-order valence-electron chi connectivity index (χ3n) is 6.70. The van der Waals surface area contributed by atoms with Gasteiger partial charge in [-0.3, -0.25) is 4.79 Å². The maximum absolute atomic E-state index is 13.5. The number of carbonyl (C=O) groups is 1. The summed E-state index contributed by atoms with van der Waals surface area (Å²) in [6.45, 7) is 9.09. The lowest BCUT2D eigenvalue weighted by molar-refractivity contribution is -0.114. The van der Waals surface area contributed by atoms with Crippen LogP contribution in [0.15, 0.2) is 56.8 Å². The van der Waals surface area contributed by atoms with Gasteiger partial charge in [-0.1, -0.05) is 40.5 Å². The van der Waals surface area contributed by atoms with E-state index in [0.29, 0.717) is 37.7 Å².